The number of rotatable bonds is 3. The van der Waals surface area contributed by atoms with Crippen molar-refractivity contribution in [2.24, 2.45) is 0 Å². The number of pyridine rings is 1. The van der Waals surface area contributed by atoms with Crippen LogP contribution >= 0.6 is 11.6 Å². The Bertz CT molecular complexity index is 537. The zero-order chi connectivity index (χ0) is 13.1. The van der Waals surface area contributed by atoms with E-state index < -0.39 is 0 Å². The molecule has 0 aliphatic heterocycles. The maximum absolute atomic E-state index is 5.87. The number of hydrogen-bond acceptors (Lipinski definition) is 3. The van der Waals surface area contributed by atoms with Gasteiger partial charge in [0.15, 0.2) is 0 Å². The molecule has 3 nitrogen and oxygen atoms in total. The molecular formula is C14H16ClN3. The summed E-state index contributed by atoms with van der Waals surface area (Å²) in [6.45, 7) is 4.01. The second-order valence-corrected chi connectivity index (χ2v) is 4.78. The van der Waals surface area contributed by atoms with E-state index in [-0.39, 0.29) is 6.04 Å². The number of nitrogens with zero attached hydrogens (tertiary/aromatic N) is 1. The number of nitrogen functional groups attached to an aromatic ring is 1. The van der Waals surface area contributed by atoms with Gasteiger partial charge in [0.25, 0.3) is 0 Å². The number of halogens is 1. The first-order valence-electron chi connectivity index (χ1n) is 5.80. The number of anilines is 2. The summed E-state index contributed by atoms with van der Waals surface area (Å²) in [5.74, 6) is 0.778. The molecule has 1 aromatic carbocycles. The average Bonchev–Trinajstić information content (AvgIpc) is 2.34. The fourth-order valence-electron chi connectivity index (χ4n) is 1.67. The lowest BCUT2D eigenvalue weighted by atomic mass is 10.1. The average molecular weight is 262 g/mol. The van der Waals surface area contributed by atoms with E-state index in [2.05, 4.69) is 17.2 Å². The zero-order valence-corrected chi connectivity index (χ0v) is 11.2. The summed E-state index contributed by atoms with van der Waals surface area (Å²) in [7, 11) is 0. The van der Waals surface area contributed by atoms with E-state index in [4.69, 9.17) is 17.3 Å². The Morgan fingerprint density at radius 2 is 1.94 bits per heavy atom. The fraction of sp³-hybridized carbons (Fsp3) is 0.214. The van der Waals surface area contributed by atoms with Gasteiger partial charge >= 0.3 is 0 Å². The van der Waals surface area contributed by atoms with Gasteiger partial charge in [-0.15, -0.1) is 0 Å². The van der Waals surface area contributed by atoms with Crippen molar-refractivity contribution in [3.8, 4) is 0 Å². The Hall–Kier alpha value is -1.74. The van der Waals surface area contributed by atoms with Crippen molar-refractivity contribution in [1.29, 1.82) is 0 Å². The van der Waals surface area contributed by atoms with Gasteiger partial charge in [0.1, 0.15) is 5.82 Å². The highest BCUT2D eigenvalue weighted by molar-refractivity contribution is 6.30. The van der Waals surface area contributed by atoms with Gasteiger partial charge in [0.2, 0.25) is 0 Å². The Morgan fingerprint density at radius 1 is 1.28 bits per heavy atom. The van der Waals surface area contributed by atoms with E-state index in [1.54, 1.807) is 6.20 Å². The van der Waals surface area contributed by atoms with Crippen molar-refractivity contribution in [2.45, 2.75) is 19.9 Å². The molecule has 0 bridgehead atoms. The lowest BCUT2D eigenvalue weighted by Gasteiger charge is -2.15. The molecule has 94 valence electrons. The van der Waals surface area contributed by atoms with Crippen molar-refractivity contribution in [2.75, 3.05) is 11.1 Å². The number of hydrogen-bond donors (Lipinski definition) is 2. The van der Waals surface area contributed by atoms with Gasteiger partial charge in [-0.3, -0.25) is 0 Å². The summed E-state index contributed by atoms with van der Waals surface area (Å²) >= 11 is 5.87. The minimum absolute atomic E-state index is 0.150. The normalized spacial score (nSPS) is 12.2. The lowest BCUT2D eigenvalue weighted by molar-refractivity contribution is 0.874. The molecule has 4 heteroatoms. The van der Waals surface area contributed by atoms with Crippen LogP contribution in [0.3, 0.4) is 0 Å². The topological polar surface area (TPSA) is 50.9 Å². The van der Waals surface area contributed by atoms with E-state index >= 15 is 0 Å². The largest absolute Gasteiger partial charge is 0.398 e. The molecule has 1 unspecified atom stereocenters. The highest BCUT2D eigenvalue weighted by atomic mass is 35.5. The Labute approximate surface area is 112 Å². The van der Waals surface area contributed by atoms with Crippen molar-refractivity contribution in [3.63, 3.8) is 0 Å². The van der Waals surface area contributed by atoms with Crippen LogP contribution in [0.4, 0.5) is 11.5 Å². The summed E-state index contributed by atoms with van der Waals surface area (Å²) in [5, 5.41) is 4.05. The number of aromatic nitrogens is 1. The van der Waals surface area contributed by atoms with Crippen LogP contribution in [0.25, 0.3) is 0 Å². The third-order valence-electron chi connectivity index (χ3n) is 2.88. The lowest BCUT2D eigenvalue weighted by Crippen LogP contribution is -2.08. The molecule has 0 fully saturated rings. The predicted molar refractivity (Wildman–Crippen MR) is 76.9 cm³/mol. The summed E-state index contributed by atoms with van der Waals surface area (Å²) in [4.78, 5) is 4.30. The van der Waals surface area contributed by atoms with Crippen molar-refractivity contribution >= 4 is 23.1 Å². The quantitative estimate of drug-likeness (QED) is 0.884. The van der Waals surface area contributed by atoms with Gasteiger partial charge in [-0.25, -0.2) is 4.98 Å². The van der Waals surface area contributed by atoms with Crippen LogP contribution in [0.1, 0.15) is 24.1 Å². The summed E-state index contributed by atoms with van der Waals surface area (Å²) < 4.78 is 0. The van der Waals surface area contributed by atoms with E-state index in [1.165, 1.54) is 0 Å². The van der Waals surface area contributed by atoms with Crippen molar-refractivity contribution in [3.05, 3.63) is 52.7 Å². The minimum Gasteiger partial charge on any atom is -0.398 e. The van der Waals surface area contributed by atoms with E-state index in [0.29, 0.717) is 0 Å². The first-order valence-corrected chi connectivity index (χ1v) is 6.18. The van der Waals surface area contributed by atoms with Crippen LogP contribution < -0.4 is 11.1 Å². The molecule has 0 radical (unpaired) electrons. The second kappa shape index (κ2) is 5.27. The Morgan fingerprint density at radius 3 is 2.56 bits per heavy atom. The molecule has 1 aromatic heterocycles. The predicted octanol–water partition coefficient (Wildman–Crippen LogP) is 3.80. The first kappa shape index (κ1) is 12.7. The number of aryl methyl sites for hydroxylation is 1. The van der Waals surface area contributed by atoms with Crippen molar-refractivity contribution in [1.82, 2.24) is 4.98 Å². The second-order valence-electron chi connectivity index (χ2n) is 4.34. The Kier molecular flexibility index (Phi) is 3.72. The van der Waals surface area contributed by atoms with Gasteiger partial charge < -0.3 is 11.1 Å². The molecule has 1 heterocycles. The third kappa shape index (κ3) is 2.93. The summed E-state index contributed by atoms with van der Waals surface area (Å²) in [6, 6.07) is 9.76. The highest BCUT2D eigenvalue weighted by Crippen LogP contribution is 2.21. The highest BCUT2D eigenvalue weighted by Gasteiger charge is 2.06. The van der Waals surface area contributed by atoms with E-state index in [9.17, 15) is 0 Å². The maximum Gasteiger partial charge on any atom is 0.128 e. The SMILES string of the molecule is Cc1cnc(NC(C)c2ccc(Cl)cc2)cc1N. The van der Waals surface area contributed by atoms with E-state index in [0.717, 1.165) is 27.7 Å². The molecule has 0 aliphatic carbocycles. The summed E-state index contributed by atoms with van der Waals surface area (Å²) in [6.07, 6.45) is 1.77. The smallest absolute Gasteiger partial charge is 0.128 e. The molecule has 18 heavy (non-hydrogen) atoms. The minimum atomic E-state index is 0.150. The van der Waals surface area contributed by atoms with Gasteiger partial charge in [0, 0.05) is 29.0 Å². The molecule has 0 saturated carbocycles. The van der Waals surface area contributed by atoms with Crippen molar-refractivity contribution < 1.29 is 0 Å². The monoisotopic (exact) mass is 261 g/mol. The molecule has 1 atom stereocenters. The van der Waals surface area contributed by atoms with Gasteiger partial charge in [-0.05, 0) is 37.1 Å². The maximum atomic E-state index is 5.87. The summed E-state index contributed by atoms with van der Waals surface area (Å²) in [5.41, 5.74) is 8.74. The van der Waals surface area contributed by atoms with Crippen LogP contribution in [0.15, 0.2) is 36.5 Å². The van der Waals surface area contributed by atoms with Crippen LogP contribution in [-0.2, 0) is 0 Å². The van der Waals surface area contributed by atoms with Crippen LogP contribution in [0.5, 0.6) is 0 Å². The number of nitrogens with one attached hydrogen (secondary N) is 1. The molecule has 0 amide bonds. The molecular weight excluding hydrogens is 246 g/mol. The Balaban J connectivity index is 2.13. The molecule has 2 rings (SSSR count). The molecule has 0 spiro atoms. The van der Waals surface area contributed by atoms with Gasteiger partial charge in [-0.2, -0.15) is 0 Å². The standard InChI is InChI=1S/C14H16ClN3/c1-9-8-17-14(7-13(9)16)18-10(2)11-3-5-12(15)6-4-11/h3-8,10H,1-2H3,(H3,16,17,18). The van der Waals surface area contributed by atoms with Crippen LogP contribution in [-0.4, -0.2) is 4.98 Å². The molecule has 3 N–H and O–H groups in total. The molecule has 0 saturated heterocycles. The van der Waals surface area contributed by atoms with Gasteiger partial charge in [0.05, 0.1) is 0 Å². The van der Waals surface area contributed by atoms with Crippen LogP contribution in [0.2, 0.25) is 5.02 Å². The molecule has 2 aromatic rings. The van der Waals surface area contributed by atoms with E-state index in [1.807, 2.05) is 37.3 Å². The van der Waals surface area contributed by atoms with Crippen LogP contribution in [0, 0.1) is 6.92 Å². The number of nitrogens with two attached hydrogens (primary N) is 1. The van der Waals surface area contributed by atoms with Gasteiger partial charge in [-0.1, -0.05) is 23.7 Å². The molecule has 0 aliphatic rings. The first-order chi connectivity index (χ1) is 8.56. The zero-order valence-electron chi connectivity index (χ0n) is 10.4. The fourth-order valence-corrected chi connectivity index (χ4v) is 1.80. The number of benzene rings is 1. The third-order valence-corrected chi connectivity index (χ3v) is 3.13.